The first-order valence-electron chi connectivity index (χ1n) is 5.39. The Morgan fingerprint density at radius 3 is 2.56 bits per heavy atom. The summed E-state index contributed by atoms with van der Waals surface area (Å²) in [7, 11) is 1.61. The Morgan fingerprint density at radius 2 is 1.89 bits per heavy atom. The second kappa shape index (κ2) is 6.04. The molecular weight excluding hydrogens is 407 g/mol. The number of hydrogen-bond donors (Lipinski definition) is 1. The molecule has 0 heterocycles. The van der Waals surface area contributed by atoms with Crippen molar-refractivity contribution in [3.05, 3.63) is 61.6 Å². The number of aliphatic hydroxyl groups excluding tert-OH is 1. The van der Waals surface area contributed by atoms with Crippen LogP contribution in [0.15, 0.2) is 46.9 Å². The van der Waals surface area contributed by atoms with Crippen LogP contribution in [0.5, 0.6) is 5.75 Å². The first-order chi connectivity index (χ1) is 8.63. The van der Waals surface area contributed by atoms with E-state index < -0.39 is 6.10 Å². The van der Waals surface area contributed by atoms with Gasteiger partial charge in [0.25, 0.3) is 0 Å². The average molecular weight is 419 g/mol. The molecule has 0 aliphatic carbocycles. The van der Waals surface area contributed by atoms with Gasteiger partial charge in [-0.15, -0.1) is 0 Å². The fourth-order valence-corrected chi connectivity index (χ4v) is 2.84. The van der Waals surface area contributed by atoms with Crippen molar-refractivity contribution in [3.63, 3.8) is 0 Å². The van der Waals surface area contributed by atoms with Gasteiger partial charge in [0.05, 0.1) is 7.11 Å². The van der Waals surface area contributed by atoms with Crippen LogP contribution in [0, 0.1) is 3.57 Å². The van der Waals surface area contributed by atoms with Crippen LogP contribution >= 0.6 is 38.5 Å². The Balaban J connectivity index is 2.48. The Morgan fingerprint density at radius 1 is 1.17 bits per heavy atom. The summed E-state index contributed by atoms with van der Waals surface area (Å²) in [6, 6.07) is 13.4. The van der Waals surface area contributed by atoms with Crippen molar-refractivity contribution >= 4 is 38.5 Å². The van der Waals surface area contributed by atoms with Crippen molar-refractivity contribution in [2.45, 2.75) is 6.10 Å². The number of hydrogen-bond acceptors (Lipinski definition) is 2. The summed E-state index contributed by atoms with van der Waals surface area (Å²) < 4.78 is 7.25. The van der Waals surface area contributed by atoms with Crippen molar-refractivity contribution in [2.75, 3.05) is 7.11 Å². The quantitative estimate of drug-likeness (QED) is 0.759. The maximum absolute atomic E-state index is 10.5. The molecule has 0 aromatic heterocycles. The summed E-state index contributed by atoms with van der Waals surface area (Å²) in [4.78, 5) is 0. The third-order valence-corrected chi connectivity index (χ3v) is 4.16. The molecule has 0 bridgehead atoms. The van der Waals surface area contributed by atoms with Gasteiger partial charge in [0.2, 0.25) is 0 Å². The van der Waals surface area contributed by atoms with Crippen LogP contribution in [0.25, 0.3) is 0 Å². The van der Waals surface area contributed by atoms with Crippen molar-refractivity contribution in [2.24, 2.45) is 0 Å². The minimum Gasteiger partial charge on any atom is -0.496 e. The molecule has 1 unspecified atom stereocenters. The molecule has 4 heteroatoms. The van der Waals surface area contributed by atoms with Crippen LogP contribution in [0.1, 0.15) is 17.2 Å². The van der Waals surface area contributed by atoms with Crippen molar-refractivity contribution in [1.82, 2.24) is 0 Å². The van der Waals surface area contributed by atoms with E-state index in [0.29, 0.717) is 5.75 Å². The van der Waals surface area contributed by atoms with Crippen LogP contribution < -0.4 is 4.74 Å². The Hall–Kier alpha value is -0.590. The second-order valence-corrected chi connectivity index (χ2v) is 5.89. The van der Waals surface area contributed by atoms with Crippen molar-refractivity contribution in [1.29, 1.82) is 0 Å². The SMILES string of the molecule is COc1ccc(Br)cc1C(O)c1ccccc1I. The van der Waals surface area contributed by atoms with Crippen LogP contribution in [-0.2, 0) is 0 Å². The lowest BCUT2D eigenvalue weighted by Gasteiger charge is -2.16. The van der Waals surface area contributed by atoms with E-state index in [0.717, 1.165) is 19.2 Å². The second-order valence-electron chi connectivity index (χ2n) is 3.81. The molecule has 1 atom stereocenters. The van der Waals surface area contributed by atoms with Crippen molar-refractivity contribution < 1.29 is 9.84 Å². The topological polar surface area (TPSA) is 29.5 Å². The molecule has 1 N–H and O–H groups in total. The van der Waals surface area contributed by atoms with Crippen LogP contribution in [0.4, 0.5) is 0 Å². The predicted octanol–water partition coefficient (Wildman–Crippen LogP) is 4.14. The molecule has 0 amide bonds. The van der Waals surface area contributed by atoms with E-state index in [-0.39, 0.29) is 0 Å². The number of aliphatic hydroxyl groups is 1. The predicted molar refractivity (Wildman–Crippen MR) is 83.9 cm³/mol. The van der Waals surface area contributed by atoms with Gasteiger partial charge in [-0.25, -0.2) is 0 Å². The molecule has 2 rings (SSSR count). The number of methoxy groups -OCH3 is 1. The zero-order valence-corrected chi connectivity index (χ0v) is 13.5. The minimum absolute atomic E-state index is 0.686. The summed E-state index contributed by atoms with van der Waals surface area (Å²) in [5.41, 5.74) is 1.64. The first-order valence-corrected chi connectivity index (χ1v) is 7.26. The molecule has 0 spiro atoms. The van der Waals surface area contributed by atoms with Gasteiger partial charge in [0, 0.05) is 13.6 Å². The first kappa shape index (κ1) is 13.8. The molecular formula is C14H12BrIO2. The third-order valence-electron chi connectivity index (χ3n) is 2.69. The third kappa shape index (κ3) is 2.87. The molecule has 94 valence electrons. The van der Waals surface area contributed by atoms with Gasteiger partial charge in [0.15, 0.2) is 0 Å². The average Bonchev–Trinajstić information content (AvgIpc) is 2.38. The highest BCUT2D eigenvalue weighted by atomic mass is 127. The summed E-state index contributed by atoms with van der Waals surface area (Å²) in [5, 5.41) is 10.5. The normalized spacial score (nSPS) is 12.2. The van der Waals surface area contributed by atoms with Crippen LogP contribution in [-0.4, -0.2) is 12.2 Å². The molecule has 18 heavy (non-hydrogen) atoms. The van der Waals surface area contributed by atoms with E-state index in [4.69, 9.17) is 4.74 Å². The Labute approximate surface area is 128 Å². The molecule has 2 nitrogen and oxygen atoms in total. The number of rotatable bonds is 3. The zero-order chi connectivity index (χ0) is 13.1. The fourth-order valence-electron chi connectivity index (χ4n) is 1.78. The van der Waals surface area contributed by atoms with Crippen LogP contribution in [0.2, 0.25) is 0 Å². The van der Waals surface area contributed by atoms with Gasteiger partial charge in [-0.05, 0) is 52.4 Å². The van der Waals surface area contributed by atoms with Gasteiger partial charge in [-0.1, -0.05) is 34.1 Å². The highest BCUT2D eigenvalue weighted by Crippen LogP contribution is 2.33. The molecule has 0 aliphatic heterocycles. The lowest BCUT2D eigenvalue weighted by atomic mass is 10.0. The fraction of sp³-hybridized carbons (Fsp3) is 0.143. The number of halogens is 2. The molecule has 2 aromatic rings. The van der Waals surface area contributed by atoms with Crippen LogP contribution in [0.3, 0.4) is 0 Å². The summed E-state index contributed by atoms with van der Waals surface area (Å²) in [5.74, 6) is 0.686. The van der Waals surface area contributed by atoms with Gasteiger partial charge >= 0.3 is 0 Å². The molecule has 0 radical (unpaired) electrons. The lowest BCUT2D eigenvalue weighted by molar-refractivity contribution is 0.214. The largest absolute Gasteiger partial charge is 0.496 e. The highest BCUT2D eigenvalue weighted by Gasteiger charge is 2.17. The lowest BCUT2D eigenvalue weighted by Crippen LogP contribution is -2.04. The molecule has 0 aliphatic rings. The summed E-state index contributed by atoms with van der Waals surface area (Å²) in [6.07, 6.45) is -0.689. The standard InChI is InChI=1S/C14H12BrIO2/c1-18-13-7-6-9(15)8-11(13)14(17)10-4-2-3-5-12(10)16/h2-8,14,17H,1H3. The highest BCUT2D eigenvalue weighted by molar-refractivity contribution is 14.1. The van der Waals surface area contributed by atoms with Gasteiger partial charge in [0.1, 0.15) is 11.9 Å². The van der Waals surface area contributed by atoms with Gasteiger partial charge < -0.3 is 9.84 Å². The number of benzene rings is 2. The maximum Gasteiger partial charge on any atom is 0.125 e. The Kier molecular flexibility index (Phi) is 4.64. The minimum atomic E-state index is -0.689. The Bertz CT molecular complexity index is 557. The van der Waals surface area contributed by atoms with E-state index in [2.05, 4.69) is 38.5 Å². The van der Waals surface area contributed by atoms with Gasteiger partial charge in [-0.3, -0.25) is 0 Å². The molecule has 2 aromatic carbocycles. The summed E-state index contributed by atoms with van der Waals surface area (Å²) in [6.45, 7) is 0. The van der Waals surface area contributed by atoms with Gasteiger partial charge in [-0.2, -0.15) is 0 Å². The van der Waals surface area contributed by atoms with E-state index in [1.807, 2.05) is 42.5 Å². The smallest absolute Gasteiger partial charge is 0.125 e. The molecule has 0 fully saturated rings. The van der Waals surface area contributed by atoms with Crippen molar-refractivity contribution in [3.8, 4) is 5.75 Å². The van der Waals surface area contributed by atoms with E-state index in [9.17, 15) is 5.11 Å². The zero-order valence-electron chi connectivity index (χ0n) is 9.73. The maximum atomic E-state index is 10.5. The molecule has 0 saturated carbocycles. The monoisotopic (exact) mass is 418 g/mol. The van der Waals surface area contributed by atoms with E-state index in [1.54, 1.807) is 7.11 Å². The van der Waals surface area contributed by atoms with E-state index in [1.165, 1.54) is 0 Å². The summed E-state index contributed by atoms with van der Waals surface area (Å²) >= 11 is 5.64. The molecule has 0 saturated heterocycles. The van der Waals surface area contributed by atoms with E-state index >= 15 is 0 Å². The number of ether oxygens (including phenoxy) is 1.